The third-order valence-electron chi connectivity index (χ3n) is 4.18. The Kier molecular flexibility index (Phi) is 5.13. The Hall–Kier alpha value is -0.970. The third-order valence-corrected chi connectivity index (χ3v) is 4.18. The molecule has 1 aromatic heterocycles. The molecule has 3 atom stereocenters. The maximum Gasteiger partial charge on any atom is 0.392 e. The normalized spacial score (nSPS) is 25.6. The number of nitrogens with one attached hydrogen (secondary N) is 1. The van der Waals surface area contributed by atoms with Gasteiger partial charge in [0, 0.05) is 11.6 Å². The molecule has 0 saturated heterocycles. The molecule has 1 aliphatic rings. The van der Waals surface area contributed by atoms with Gasteiger partial charge in [0.05, 0.1) is 18.4 Å². The maximum absolute atomic E-state index is 13.3. The lowest BCUT2D eigenvalue weighted by Crippen LogP contribution is -2.40. The Morgan fingerprint density at radius 2 is 2.10 bits per heavy atom. The molecule has 20 heavy (non-hydrogen) atoms. The van der Waals surface area contributed by atoms with Crippen molar-refractivity contribution in [3.63, 3.8) is 0 Å². The molecule has 0 aromatic carbocycles. The Bertz CT molecular complexity index is 388. The molecule has 1 N–H and O–H groups in total. The standard InChI is InChI=1S/C15H22F3NO/c1-2-8-19-14(11-7-9-20-10-11)12-5-3-4-6-13(12)15(16,17)18/h7,9-10,12-14,19H,2-6,8H2,1H3. The van der Waals surface area contributed by atoms with Crippen molar-refractivity contribution in [2.45, 2.75) is 51.2 Å². The summed E-state index contributed by atoms with van der Waals surface area (Å²) in [5, 5.41) is 3.28. The molecular formula is C15H22F3NO. The van der Waals surface area contributed by atoms with E-state index >= 15 is 0 Å². The zero-order chi connectivity index (χ0) is 14.6. The molecule has 5 heteroatoms. The summed E-state index contributed by atoms with van der Waals surface area (Å²) in [6.07, 6.45) is 2.30. The summed E-state index contributed by atoms with van der Waals surface area (Å²) < 4.78 is 44.9. The highest BCUT2D eigenvalue weighted by atomic mass is 19.4. The zero-order valence-electron chi connectivity index (χ0n) is 11.7. The summed E-state index contributed by atoms with van der Waals surface area (Å²) in [4.78, 5) is 0. The minimum absolute atomic E-state index is 0.246. The molecule has 0 aliphatic heterocycles. The van der Waals surface area contributed by atoms with Gasteiger partial charge in [0.25, 0.3) is 0 Å². The quantitative estimate of drug-likeness (QED) is 0.850. The van der Waals surface area contributed by atoms with Crippen LogP contribution in [0, 0.1) is 11.8 Å². The summed E-state index contributed by atoms with van der Waals surface area (Å²) in [6, 6.07) is 1.51. The number of hydrogen-bond acceptors (Lipinski definition) is 2. The van der Waals surface area contributed by atoms with E-state index in [2.05, 4.69) is 5.32 Å². The van der Waals surface area contributed by atoms with Crippen molar-refractivity contribution < 1.29 is 17.6 Å². The Morgan fingerprint density at radius 3 is 2.70 bits per heavy atom. The van der Waals surface area contributed by atoms with Crippen molar-refractivity contribution in [2.75, 3.05) is 6.54 Å². The van der Waals surface area contributed by atoms with E-state index in [1.54, 1.807) is 12.3 Å². The molecule has 2 nitrogen and oxygen atoms in total. The van der Waals surface area contributed by atoms with Crippen LogP contribution in [0.25, 0.3) is 0 Å². The number of hydrogen-bond donors (Lipinski definition) is 1. The van der Waals surface area contributed by atoms with Gasteiger partial charge in [0.1, 0.15) is 0 Å². The van der Waals surface area contributed by atoms with Crippen molar-refractivity contribution >= 4 is 0 Å². The molecule has 1 heterocycles. The molecule has 0 amide bonds. The van der Waals surface area contributed by atoms with E-state index in [4.69, 9.17) is 4.42 Å². The predicted octanol–water partition coefficient (Wildman–Crippen LogP) is 4.69. The summed E-state index contributed by atoms with van der Waals surface area (Å²) >= 11 is 0. The minimum atomic E-state index is -4.11. The zero-order valence-corrected chi connectivity index (χ0v) is 11.7. The molecule has 0 bridgehead atoms. The molecule has 1 fully saturated rings. The van der Waals surface area contributed by atoms with Crippen molar-refractivity contribution in [3.05, 3.63) is 24.2 Å². The molecule has 0 spiro atoms. The van der Waals surface area contributed by atoms with Gasteiger partial charge in [0.15, 0.2) is 0 Å². The lowest BCUT2D eigenvalue weighted by molar-refractivity contribution is -0.199. The SMILES string of the molecule is CCCNC(c1ccoc1)C1CCCCC1C(F)(F)F. The van der Waals surface area contributed by atoms with Crippen LogP contribution in [0.4, 0.5) is 13.2 Å². The average Bonchev–Trinajstić information content (AvgIpc) is 2.92. The highest BCUT2D eigenvalue weighted by molar-refractivity contribution is 5.14. The largest absolute Gasteiger partial charge is 0.472 e. The minimum Gasteiger partial charge on any atom is -0.472 e. The fourth-order valence-electron chi connectivity index (χ4n) is 3.23. The highest BCUT2D eigenvalue weighted by Crippen LogP contribution is 2.46. The van der Waals surface area contributed by atoms with Gasteiger partial charge in [-0.3, -0.25) is 0 Å². The second kappa shape index (κ2) is 6.66. The van der Waals surface area contributed by atoms with Gasteiger partial charge >= 0.3 is 6.18 Å². The van der Waals surface area contributed by atoms with Crippen LogP contribution in [0.15, 0.2) is 23.0 Å². The molecular weight excluding hydrogens is 267 g/mol. The van der Waals surface area contributed by atoms with E-state index in [9.17, 15) is 13.2 Å². The number of rotatable bonds is 5. The van der Waals surface area contributed by atoms with Crippen LogP contribution in [0.5, 0.6) is 0 Å². The molecule has 114 valence electrons. The number of alkyl halides is 3. The second-order valence-corrected chi connectivity index (χ2v) is 5.58. The van der Waals surface area contributed by atoms with E-state index in [0.29, 0.717) is 12.8 Å². The van der Waals surface area contributed by atoms with Crippen LogP contribution in [0.3, 0.4) is 0 Å². The van der Waals surface area contributed by atoms with Gasteiger partial charge in [-0.2, -0.15) is 13.2 Å². The summed E-state index contributed by atoms with van der Waals surface area (Å²) in [5.74, 6) is -1.60. The fraction of sp³-hybridized carbons (Fsp3) is 0.733. The Labute approximate surface area is 117 Å². The van der Waals surface area contributed by atoms with E-state index in [-0.39, 0.29) is 12.5 Å². The van der Waals surface area contributed by atoms with Gasteiger partial charge in [-0.1, -0.05) is 19.8 Å². The summed E-state index contributed by atoms with van der Waals surface area (Å²) in [7, 11) is 0. The van der Waals surface area contributed by atoms with Crippen LogP contribution >= 0.6 is 0 Å². The summed E-state index contributed by atoms with van der Waals surface area (Å²) in [6.45, 7) is 2.73. The molecule has 1 aliphatic carbocycles. The summed E-state index contributed by atoms with van der Waals surface area (Å²) in [5.41, 5.74) is 0.833. The van der Waals surface area contributed by atoms with Crippen LogP contribution in [0.1, 0.15) is 50.6 Å². The van der Waals surface area contributed by atoms with E-state index in [1.165, 1.54) is 6.26 Å². The van der Waals surface area contributed by atoms with Gasteiger partial charge in [-0.15, -0.1) is 0 Å². The van der Waals surface area contributed by atoms with Crippen molar-refractivity contribution in [3.8, 4) is 0 Å². The van der Waals surface area contributed by atoms with Crippen molar-refractivity contribution in [1.29, 1.82) is 0 Å². The molecule has 1 saturated carbocycles. The number of halogens is 3. The first-order valence-corrected chi connectivity index (χ1v) is 7.36. The first kappa shape index (κ1) is 15.4. The van der Waals surface area contributed by atoms with Crippen LogP contribution in [-0.2, 0) is 0 Å². The number of furan rings is 1. The topological polar surface area (TPSA) is 25.2 Å². The van der Waals surface area contributed by atoms with Crippen LogP contribution in [0.2, 0.25) is 0 Å². The Balaban J connectivity index is 2.21. The third kappa shape index (κ3) is 3.57. The van der Waals surface area contributed by atoms with Crippen LogP contribution in [-0.4, -0.2) is 12.7 Å². The van der Waals surface area contributed by atoms with Crippen molar-refractivity contribution in [1.82, 2.24) is 5.32 Å². The van der Waals surface area contributed by atoms with Crippen LogP contribution < -0.4 is 5.32 Å². The monoisotopic (exact) mass is 289 g/mol. The van der Waals surface area contributed by atoms with E-state index in [1.807, 2.05) is 6.92 Å². The first-order chi connectivity index (χ1) is 9.54. The van der Waals surface area contributed by atoms with Gasteiger partial charge < -0.3 is 9.73 Å². The van der Waals surface area contributed by atoms with Gasteiger partial charge in [-0.25, -0.2) is 0 Å². The fourth-order valence-corrected chi connectivity index (χ4v) is 3.23. The first-order valence-electron chi connectivity index (χ1n) is 7.36. The molecule has 1 aromatic rings. The van der Waals surface area contributed by atoms with E-state index < -0.39 is 18.0 Å². The lowest BCUT2D eigenvalue weighted by Gasteiger charge is -2.38. The molecule has 2 rings (SSSR count). The van der Waals surface area contributed by atoms with Gasteiger partial charge in [-0.05, 0) is 37.8 Å². The average molecular weight is 289 g/mol. The van der Waals surface area contributed by atoms with Crippen molar-refractivity contribution in [2.24, 2.45) is 11.8 Å². The smallest absolute Gasteiger partial charge is 0.392 e. The highest BCUT2D eigenvalue weighted by Gasteiger charge is 2.48. The second-order valence-electron chi connectivity index (χ2n) is 5.58. The van der Waals surface area contributed by atoms with E-state index in [0.717, 1.165) is 24.9 Å². The maximum atomic E-state index is 13.3. The lowest BCUT2D eigenvalue weighted by atomic mass is 9.73. The Morgan fingerprint density at radius 1 is 1.35 bits per heavy atom. The predicted molar refractivity (Wildman–Crippen MR) is 71.2 cm³/mol. The molecule has 3 unspecified atom stereocenters. The van der Waals surface area contributed by atoms with Gasteiger partial charge in [0.2, 0.25) is 0 Å². The molecule has 0 radical (unpaired) electrons.